The molecule has 3 rings (SSSR count). The van der Waals surface area contributed by atoms with Gasteiger partial charge in [0.05, 0.1) is 17.0 Å². The first-order valence-corrected chi connectivity index (χ1v) is 9.17. The van der Waals surface area contributed by atoms with Crippen LogP contribution in [0.25, 0.3) is 17.1 Å². The smallest absolute Gasteiger partial charge is 0.231 e. The maximum absolute atomic E-state index is 13.1. The molecule has 0 aliphatic rings. The molecular weight excluding hydrogens is 361 g/mol. The van der Waals surface area contributed by atoms with E-state index in [1.165, 1.54) is 17.8 Å². The zero-order valence-corrected chi connectivity index (χ0v) is 15.3. The van der Waals surface area contributed by atoms with Crippen LogP contribution in [0.4, 0.5) is 13.2 Å². The van der Waals surface area contributed by atoms with E-state index in [2.05, 4.69) is 15.1 Å². The number of hydrogen-bond donors (Lipinski definition) is 0. The summed E-state index contributed by atoms with van der Waals surface area (Å²) in [5.74, 6) is 0.645. The number of halogens is 3. The van der Waals surface area contributed by atoms with Gasteiger partial charge in [-0.2, -0.15) is 18.3 Å². The molecule has 2 aromatic heterocycles. The predicted molar refractivity (Wildman–Crippen MR) is 95.5 cm³/mol. The summed E-state index contributed by atoms with van der Waals surface area (Å²) in [5.41, 5.74) is 1.08. The molecule has 0 saturated heterocycles. The molecule has 0 amide bonds. The lowest BCUT2D eigenvalue weighted by atomic mass is 10.1. The third-order valence-corrected chi connectivity index (χ3v) is 4.39. The van der Waals surface area contributed by atoms with E-state index in [0.717, 1.165) is 17.8 Å². The highest BCUT2D eigenvalue weighted by Gasteiger charge is 2.30. The van der Waals surface area contributed by atoms with Crippen LogP contribution < -0.4 is 0 Å². The quantitative estimate of drug-likeness (QED) is 0.463. The highest BCUT2D eigenvalue weighted by molar-refractivity contribution is 7.98. The van der Waals surface area contributed by atoms with Crippen LogP contribution in [0.5, 0.6) is 0 Å². The second-order valence-corrected chi connectivity index (χ2v) is 6.77. The highest BCUT2D eigenvalue weighted by atomic mass is 32.2. The van der Waals surface area contributed by atoms with Gasteiger partial charge >= 0.3 is 6.18 Å². The van der Waals surface area contributed by atoms with Gasteiger partial charge in [-0.05, 0) is 30.4 Å². The second-order valence-electron chi connectivity index (χ2n) is 6.00. The van der Waals surface area contributed by atoms with Crippen molar-refractivity contribution in [3.05, 3.63) is 53.9 Å². The third-order valence-electron chi connectivity index (χ3n) is 3.82. The Morgan fingerprint density at radius 1 is 1.12 bits per heavy atom. The molecule has 0 N–H and O–H groups in total. The lowest BCUT2D eigenvalue weighted by molar-refractivity contribution is -0.137. The topological polar surface area (TPSA) is 43.6 Å². The van der Waals surface area contributed by atoms with Crippen LogP contribution in [0.2, 0.25) is 0 Å². The van der Waals surface area contributed by atoms with E-state index in [4.69, 9.17) is 0 Å². The van der Waals surface area contributed by atoms with Crippen molar-refractivity contribution in [2.24, 2.45) is 0 Å². The SMILES string of the molecule is CSc1nccc(-n2nc(C(C)C)cc2-c2cccc(C(F)(F)F)c2)n1. The number of benzene rings is 1. The van der Waals surface area contributed by atoms with Crippen LogP contribution in [0.1, 0.15) is 31.0 Å². The van der Waals surface area contributed by atoms with Gasteiger partial charge in [-0.1, -0.05) is 37.7 Å². The molecule has 8 heteroatoms. The Balaban J connectivity index is 2.18. The van der Waals surface area contributed by atoms with Crippen LogP contribution >= 0.6 is 11.8 Å². The van der Waals surface area contributed by atoms with Crippen molar-refractivity contribution in [2.45, 2.75) is 31.1 Å². The molecular formula is C18H17F3N4S. The highest BCUT2D eigenvalue weighted by Crippen LogP contribution is 2.33. The maximum atomic E-state index is 13.1. The third kappa shape index (κ3) is 3.75. The van der Waals surface area contributed by atoms with E-state index in [1.54, 1.807) is 29.1 Å². The molecule has 0 saturated carbocycles. The molecule has 2 heterocycles. The minimum absolute atomic E-state index is 0.127. The first-order valence-electron chi connectivity index (χ1n) is 7.94. The summed E-state index contributed by atoms with van der Waals surface area (Å²) in [6.07, 6.45) is -0.932. The molecule has 136 valence electrons. The van der Waals surface area contributed by atoms with Crippen molar-refractivity contribution in [2.75, 3.05) is 6.26 Å². The molecule has 26 heavy (non-hydrogen) atoms. The van der Waals surface area contributed by atoms with Crippen LogP contribution in [0.15, 0.2) is 47.8 Å². The Bertz CT molecular complexity index is 919. The fraction of sp³-hybridized carbons (Fsp3) is 0.278. The summed E-state index contributed by atoms with van der Waals surface area (Å²) >= 11 is 1.39. The lowest BCUT2D eigenvalue weighted by Gasteiger charge is -2.10. The van der Waals surface area contributed by atoms with Gasteiger partial charge in [-0.25, -0.2) is 14.6 Å². The Morgan fingerprint density at radius 2 is 1.88 bits per heavy atom. The number of thioether (sulfide) groups is 1. The Hall–Kier alpha value is -2.35. The summed E-state index contributed by atoms with van der Waals surface area (Å²) in [6, 6.07) is 8.73. The molecule has 0 bridgehead atoms. The average molecular weight is 378 g/mol. The van der Waals surface area contributed by atoms with Crippen LogP contribution in [-0.2, 0) is 6.18 Å². The monoisotopic (exact) mass is 378 g/mol. The number of nitrogens with zero attached hydrogens (tertiary/aromatic N) is 4. The van der Waals surface area contributed by atoms with Gasteiger partial charge in [0.15, 0.2) is 11.0 Å². The number of hydrogen-bond acceptors (Lipinski definition) is 4. The molecule has 0 atom stereocenters. The van der Waals surface area contributed by atoms with Gasteiger partial charge in [0.25, 0.3) is 0 Å². The zero-order chi connectivity index (χ0) is 18.9. The van der Waals surface area contributed by atoms with Gasteiger partial charge in [-0.15, -0.1) is 0 Å². The fourth-order valence-corrected chi connectivity index (χ4v) is 2.82. The van der Waals surface area contributed by atoms with Gasteiger partial charge in [0.1, 0.15) is 0 Å². The first kappa shape index (κ1) is 18.4. The molecule has 0 radical (unpaired) electrons. The molecule has 0 fully saturated rings. The summed E-state index contributed by atoms with van der Waals surface area (Å²) in [6.45, 7) is 3.96. The van der Waals surface area contributed by atoms with Crippen LogP contribution in [-0.4, -0.2) is 26.0 Å². The lowest BCUT2D eigenvalue weighted by Crippen LogP contribution is -2.06. The minimum Gasteiger partial charge on any atom is -0.231 e. The van der Waals surface area contributed by atoms with Crippen molar-refractivity contribution in [1.82, 2.24) is 19.7 Å². The molecule has 0 aliphatic carbocycles. The van der Waals surface area contributed by atoms with Crippen LogP contribution in [0, 0.1) is 0 Å². The Kier molecular flexibility index (Phi) is 5.04. The summed E-state index contributed by atoms with van der Waals surface area (Å²) in [7, 11) is 0. The summed E-state index contributed by atoms with van der Waals surface area (Å²) in [4.78, 5) is 8.56. The summed E-state index contributed by atoms with van der Waals surface area (Å²) < 4.78 is 40.9. The van der Waals surface area contributed by atoms with Crippen LogP contribution in [0.3, 0.4) is 0 Å². The van der Waals surface area contributed by atoms with E-state index in [-0.39, 0.29) is 5.92 Å². The molecule has 3 aromatic rings. The van der Waals surface area contributed by atoms with Crippen molar-refractivity contribution < 1.29 is 13.2 Å². The number of rotatable bonds is 4. The van der Waals surface area contributed by atoms with Crippen molar-refractivity contribution in [3.63, 3.8) is 0 Å². The second kappa shape index (κ2) is 7.11. The average Bonchev–Trinajstić information content (AvgIpc) is 3.07. The first-order chi connectivity index (χ1) is 12.3. The van der Waals surface area contributed by atoms with E-state index >= 15 is 0 Å². The van der Waals surface area contributed by atoms with Crippen molar-refractivity contribution in [3.8, 4) is 17.1 Å². The van der Waals surface area contributed by atoms with E-state index in [9.17, 15) is 13.2 Å². The number of alkyl halides is 3. The van der Waals surface area contributed by atoms with Gasteiger partial charge in [-0.3, -0.25) is 0 Å². The van der Waals surface area contributed by atoms with Gasteiger partial charge in [0, 0.05) is 17.8 Å². The van der Waals surface area contributed by atoms with E-state index in [1.807, 2.05) is 20.1 Å². The number of aromatic nitrogens is 4. The largest absolute Gasteiger partial charge is 0.416 e. The zero-order valence-electron chi connectivity index (χ0n) is 14.4. The Labute approximate surface area is 153 Å². The Morgan fingerprint density at radius 3 is 2.54 bits per heavy atom. The summed E-state index contributed by atoms with van der Waals surface area (Å²) in [5, 5.41) is 5.13. The maximum Gasteiger partial charge on any atom is 0.416 e. The normalized spacial score (nSPS) is 12.0. The van der Waals surface area contributed by atoms with E-state index < -0.39 is 11.7 Å². The molecule has 1 aromatic carbocycles. The molecule has 4 nitrogen and oxygen atoms in total. The predicted octanol–water partition coefficient (Wildman–Crippen LogP) is 5.19. The minimum atomic E-state index is -4.40. The van der Waals surface area contributed by atoms with Crippen molar-refractivity contribution in [1.29, 1.82) is 0 Å². The standard InChI is InChI=1S/C18H17F3N4S/c1-11(2)14-10-15(12-5-4-6-13(9-12)18(19,20)21)25(24-14)16-7-8-22-17(23-16)26-3/h4-11H,1-3H3. The van der Waals surface area contributed by atoms with Crippen molar-refractivity contribution >= 4 is 11.8 Å². The molecule has 0 unspecified atom stereocenters. The molecule has 0 aliphatic heterocycles. The van der Waals surface area contributed by atoms with Gasteiger partial charge in [0.2, 0.25) is 0 Å². The van der Waals surface area contributed by atoms with Gasteiger partial charge < -0.3 is 0 Å². The van der Waals surface area contributed by atoms with E-state index in [0.29, 0.717) is 22.2 Å². The fourth-order valence-electron chi connectivity index (χ4n) is 2.46. The molecule has 0 spiro atoms.